The number of amides is 1. The minimum atomic E-state index is -0.0975. The van der Waals surface area contributed by atoms with Crippen molar-refractivity contribution in [3.8, 4) is 0 Å². The topological polar surface area (TPSA) is 76.4 Å². The highest BCUT2D eigenvalue weighted by atomic mass is 16.5. The number of nitrogens with one attached hydrogen (secondary N) is 2. The predicted molar refractivity (Wildman–Crippen MR) is 79.5 cm³/mol. The van der Waals surface area contributed by atoms with Crippen LogP contribution in [0.4, 0.5) is 5.69 Å². The number of carbonyl (C=O) groups excluding carboxylic acids is 1. The maximum absolute atomic E-state index is 12.2. The Morgan fingerprint density at radius 2 is 2.30 bits per heavy atom. The smallest absolute Gasteiger partial charge is 0.253 e. The van der Waals surface area contributed by atoms with Gasteiger partial charge in [-0.05, 0) is 37.5 Å². The molecule has 1 saturated heterocycles. The fourth-order valence-electron chi connectivity index (χ4n) is 2.67. The standard InChI is InChI=1S/C15H23N3O2/c1-3-14-11(6-7-20-14)9-17-15(19)12-5-4-10(2)8-13(12)18-16/h4-5,8,11,14,18H,3,6-7,9,16H2,1-2H3,(H,17,19). The molecule has 110 valence electrons. The van der Waals surface area contributed by atoms with Gasteiger partial charge in [0.05, 0.1) is 17.4 Å². The van der Waals surface area contributed by atoms with E-state index in [-0.39, 0.29) is 12.0 Å². The third kappa shape index (κ3) is 3.29. The Morgan fingerprint density at radius 1 is 1.50 bits per heavy atom. The number of ether oxygens (including phenoxy) is 1. The number of carbonyl (C=O) groups is 1. The van der Waals surface area contributed by atoms with Gasteiger partial charge in [0, 0.05) is 19.1 Å². The Balaban J connectivity index is 1.98. The van der Waals surface area contributed by atoms with Crippen LogP contribution in [0.15, 0.2) is 18.2 Å². The minimum Gasteiger partial charge on any atom is -0.378 e. The van der Waals surface area contributed by atoms with E-state index in [0.717, 1.165) is 25.0 Å². The number of hydrogen-bond acceptors (Lipinski definition) is 4. The van der Waals surface area contributed by atoms with E-state index in [9.17, 15) is 4.79 Å². The molecule has 1 aliphatic rings. The van der Waals surface area contributed by atoms with E-state index in [1.54, 1.807) is 6.07 Å². The molecule has 20 heavy (non-hydrogen) atoms. The molecule has 2 unspecified atom stereocenters. The predicted octanol–water partition coefficient (Wildman–Crippen LogP) is 1.83. The van der Waals surface area contributed by atoms with Gasteiger partial charge in [-0.3, -0.25) is 10.6 Å². The summed E-state index contributed by atoms with van der Waals surface area (Å²) in [4.78, 5) is 12.2. The fourth-order valence-corrected chi connectivity index (χ4v) is 2.67. The second-order valence-electron chi connectivity index (χ2n) is 5.27. The van der Waals surface area contributed by atoms with Gasteiger partial charge < -0.3 is 15.5 Å². The lowest BCUT2D eigenvalue weighted by Gasteiger charge is -2.18. The maximum Gasteiger partial charge on any atom is 0.253 e. The molecule has 1 aliphatic heterocycles. The lowest BCUT2D eigenvalue weighted by atomic mass is 9.99. The summed E-state index contributed by atoms with van der Waals surface area (Å²) < 4.78 is 5.63. The third-order valence-electron chi connectivity index (χ3n) is 3.85. The van der Waals surface area contributed by atoms with Crippen LogP contribution in [0, 0.1) is 12.8 Å². The third-order valence-corrected chi connectivity index (χ3v) is 3.85. The molecule has 5 heteroatoms. The molecule has 0 radical (unpaired) electrons. The van der Waals surface area contributed by atoms with Crippen molar-refractivity contribution in [3.05, 3.63) is 29.3 Å². The van der Waals surface area contributed by atoms with E-state index >= 15 is 0 Å². The second kappa shape index (κ2) is 6.72. The number of benzene rings is 1. The average Bonchev–Trinajstić information content (AvgIpc) is 2.92. The quantitative estimate of drug-likeness (QED) is 0.567. The van der Waals surface area contributed by atoms with E-state index in [0.29, 0.717) is 23.7 Å². The Kier molecular flexibility index (Phi) is 4.98. The minimum absolute atomic E-state index is 0.0975. The Labute approximate surface area is 119 Å². The molecule has 0 aromatic heterocycles. The Morgan fingerprint density at radius 3 is 3.00 bits per heavy atom. The molecule has 2 atom stereocenters. The molecule has 2 rings (SSSR count). The summed E-state index contributed by atoms with van der Waals surface area (Å²) in [6, 6.07) is 5.56. The van der Waals surface area contributed by atoms with Crippen LogP contribution < -0.4 is 16.6 Å². The van der Waals surface area contributed by atoms with Crippen molar-refractivity contribution in [2.24, 2.45) is 11.8 Å². The first-order chi connectivity index (χ1) is 9.65. The van der Waals surface area contributed by atoms with Crippen molar-refractivity contribution < 1.29 is 9.53 Å². The highest BCUT2D eigenvalue weighted by Gasteiger charge is 2.27. The lowest BCUT2D eigenvalue weighted by Crippen LogP contribution is -2.33. The summed E-state index contributed by atoms with van der Waals surface area (Å²) in [5.74, 6) is 5.78. The number of nitrogen functional groups attached to an aromatic ring is 1. The SMILES string of the molecule is CCC1OCCC1CNC(=O)c1ccc(C)cc1NN. The summed E-state index contributed by atoms with van der Waals surface area (Å²) in [6.45, 7) is 5.51. The highest BCUT2D eigenvalue weighted by molar-refractivity contribution is 5.99. The summed E-state index contributed by atoms with van der Waals surface area (Å²) in [7, 11) is 0. The number of rotatable bonds is 5. The van der Waals surface area contributed by atoms with Crippen molar-refractivity contribution in [2.75, 3.05) is 18.6 Å². The van der Waals surface area contributed by atoms with Crippen LogP contribution in [0.5, 0.6) is 0 Å². The normalized spacial score (nSPS) is 21.8. The molecule has 1 aromatic rings. The van der Waals surface area contributed by atoms with Gasteiger partial charge in [0.2, 0.25) is 0 Å². The van der Waals surface area contributed by atoms with Crippen LogP contribution in [0.25, 0.3) is 0 Å². The molecular weight excluding hydrogens is 254 g/mol. The zero-order valence-electron chi connectivity index (χ0n) is 12.1. The molecule has 1 heterocycles. The molecule has 0 spiro atoms. The highest BCUT2D eigenvalue weighted by Crippen LogP contribution is 2.23. The molecule has 4 N–H and O–H groups in total. The van der Waals surface area contributed by atoms with Gasteiger partial charge in [-0.1, -0.05) is 13.0 Å². The monoisotopic (exact) mass is 277 g/mol. The summed E-state index contributed by atoms with van der Waals surface area (Å²) in [6.07, 6.45) is 2.26. The number of aryl methyl sites for hydroxylation is 1. The van der Waals surface area contributed by atoms with Gasteiger partial charge >= 0.3 is 0 Å². The molecule has 0 saturated carbocycles. The molecule has 0 aliphatic carbocycles. The van der Waals surface area contributed by atoms with E-state index < -0.39 is 0 Å². The van der Waals surface area contributed by atoms with Gasteiger partial charge in [-0.15, -0.1) is 0 Å². The summed E-state index contributed by atoms with van der Waals surface area (Å²) in [5.41, 5.74) is 4.86. The number of hydrogen-bond donors (Lipinski definition) is 3. The van der Waals surface area contributed by atoms with Crippen LogP contribution in [0.3, 0.4) is 0 Å². The molecule has 1 fully saturated rings. The summed E-state index contributed by atoms with van der Waals surface area (Å²) in [5, 5.41) is 2.98. The van der Waals surface area contributed by atoms with Crippen LogP contribution in [-0.4, -0.2) is 25.2 Å². The van der Waals surface area contributed by atoms with Crippen molar-refractivity contribution in [1.29, 1.82) is 0 Å². The van der Waals surface area contributed by atoms with Gasteiger partial charge in [0.1, 0.15) is 0 Å². The van der Waals surface area contributed by atoms with E-state index in [1.165, 1.54) is 0 Å². The zero-order chi connectivity index (χ0) is 14.5. The van der Waals surface area contributed by atoms with Crippen LogP contribution in [-0.2, 0) is 4.74 Å². The summed E-state index contributed by atoms with van der Waals surface area (Å²) >= 11 is 0. The largest absolute Gasteiger partial charge is 0.378 e. The maximum atomic E-state index is 12.2. The van der Waals surface area contributed by atoms with E-state index in [1.807, 2.05) is 19.1 Å². The zero-order valence-corrected chi connectivity index (χ0v) is 12.1. The van der Waals surface area contributed by atoms with E-state index in [2.05, 4.69) is 17.7 Å². The number of hydrazine groups is 1. The first-order valence-electron chi connectivity index (χ1n) is 7.12. The fraction of sp³-hybridized carbons (Fsp3) is 0.533. The lowest BCUT2D eigenvalue weighted by molar-refractivity contribution is 0.0827. The number of nitrogens with two attached hydrogens (primary N) is 1. The van der Waals surface area contributed by atoms with Crippen molar-refractivity contribution >= 4 is 11.6 Å². The first kappa shape index (κ1) is 14.8. The molecule has 1 amide bonds. The van der Waals surface area contributed by atoms with Gasteiger partial charge in [-0.2, -0.15) is 0 Å². The van der Waals surface area contributed by atoms with Crippen molar-refractivity contribution in [3.63, 3.8) is 0 Å². The van der Waals surface area contributed by atoms with Gasteiger partial charge in [-0.25, -0.2) is 0 Å². The Bertz CT molecular complexity index is 476. The second-order valence-corrected chi connectivity index (χ2v) is 5.27. The van der Waals surface area contributed by atoms with Crippen molar-refractivity contribution in [2.45, 2.75) is 32.8 Å². The van der Waals surface area contributed by atoms with E-state index in [4.69, 9.17) is 10.6 Å². The van der Waals surface area contributed by atoms with Crippen LogP contribution in [0.1, 0.15) is 35.7 Å². The van der Waals surface area contributed by atoms with Crippen LogP contribution >= 0.6 is 0 Å². The average molecular weight is 277 g/mol. The van der Waals surface area contributed by atoms with Crippen molar-refractivity contribution in [1.82, 2.24) is 5.32 Å². The first-order valence-corrected chi connectivity index (χ1v) is 7.12. The van der Waals surface area contributed by atoms with Gasteiger partial charge in [0.25, 0.3) is 5.91 Å². The molecule has 0 bridgehead atoms. The Hall–Kier alpha value is -1.59. The molecular formula is C15H23N3O2. The van der Waals surface area contributed by atoms with Crippen LogP contribution in [0.2, 0.25) is 0 Å². The number of anilines is 1. The molecule has 1 aromatic carbocycles. The molecule has 5 nitrogen and oxygen atoms in total. The van der Waals surface area contributed by atoms with Gasteiger partial charge in [0.15, 0.2) is 0 Å².